The SMILES string of the molecule is CCC(=O)c1cccc(C)c1CC(=O)OC. The van der Waals surface area contributed by atoms with Gasteiger partial charge in [0.15, 0.2) is 5.78 Å². The summed E-state index contributed by atoms with van der Waals surface area (Å²) in [6.07, 6.45) is 0.599. The van der Waals surface area contributed by atoms with E-state index in [1.54, 1.807) is 6.07 Å². The maximum Gasteiger partial charge on any atom is 0.310 e. The van der Waals surface area contributed by atoms with Gasteiger partial charge in [-0.05, 0) is 18.1 Å². The van der Waals surface area contributed by atoms with Crippen LogP contribution in [-0.4, -0.2) is 18.9 Å². The molecule has 0 N–H and O–H groups in total. The van der Waals surface area contributed by atoms with Gasteiger partial charge in [-0.1, -0.05) is 25.1 Å². The molecule has 0 saturated heterocycles. The van der Waals surface area contributed by atoms with Crippen LogP contribution in [0.1, 0.15) is 34.8 Å². The molecule has 0 spiro atoms. The third-order valence-electron chi connectivity index (χ3n) is 2.58. The quantitative estimate of drug-likeness (QED) is 0.577. The Labute approximate surface area is 95.4 Å². The molecule has 0 aliphatic rings. The second-order valence-electron chi connectivity index (χ2n) is 3.63. The first-order chi connectivity index (χ1) is 7.60. The largest absolute Gasteiger partial charge is 0.469 e. The molecule has 0 radical (unpaired) electrons. The summed E-state index contributed by atoms with van der Waals surface area (Å²) in [5.74, 6) is -0.262. The zero-order valence-electron chi connectivity index (χ0n) is 9.87. The predicted molar refractivity (Wildman–Crippen MR) is 61.5 cm³/mol. The highest BCUT2D eigenvalue weighted by Crippen LogP contribution is 2.17. The van der Waals surface area contributed by atoms with Crippen LogP contribution in [0, 0.1) is 6.92 Å². The molecule has 0 amide bonds. The monoisotopic (exact) mass is 220 g/mol. The maximum atomic E-state index is 11.7. The van der Waals surface area contributed by atoms with Crippen LogP contribution < -0.4 is 0 Å². The fourth-order valence-electron chi connectivity index (χ4n) is 1.61. The zero-order chi connectivity index (χ0) is 12.1. The van der Waals surface area contributed by atoms with E-state index in [0.29, 0.717) is 12.0 Å². The van der Waals surface area contributed by atoms with Gasteiger partial charge < -0.3 is 4.74 Å². The minimum atomic E-state index is -0.320. The Morgan fingerprint density at radius 2 is 2.00 bits per heavy atom. The van der Waals surface area contributed by atoms with Gasteiger partial charge in [-0.15, -0.1) is 0 Å². The van der Waals surface area contributed by atoms with Gasteiger partial charge in [0.05, 0.1) is 13.5 Å². The predicted octanol–water partition coefficient (Wildman–Crippen LogP) is 2.30. The normalized spacial score (nSPS) is 9.94. The molecule has 0 aliphatic heterocycles. The van der Waals surface area contributed by atoms with E-state index in [2.05, 4.69) is 4.74 Å². The standard InChI is InChI=1S/C13H16O3/c1-4-12(14)10-7-5-6-9(2)11(10)8-13(15)16-3/h5-7H,4,8H2,1-3H3. The second-order valence-corrected chi connectivity index (χ2v) is 3.63. The van der Waals surface area contributed by atoms with Crippen LogP contribution in [0.25, 0.3) is 0 Å². The van der Waals surface area contributed by atoms with Crippen molar-refractivity contribution in [2.45, 2.75) is 26.7 Å². The number of ketones is 1. The molecule has 86 valence electrons. The molecule has 0 bridgehead atoms. The lowest BCUT2D eigenvalue weighted by molar-refractivity contribution is -0.139. The molecule has 0 heterocycles. The number of carbonyl (C=O) groups excluding carboxylic acids is 2. The number of hydrogen-bond donors (Lipinski definition) is 0. The number of esters is 1. The van der Waals surface area contributed by atoms with Crippen molar-refractivity contribution in [3.05, 3.63) is 34.9 Å². The zero-order valence-corrected chi connectivity index (χ0v) is 9.87. The number of aryl methyl sites for hydroxylation is 1. The van der Waals surface area contributed by atoms with Crippen molar-refractivity contribution < 1.29 is 14.3 Å². The molecule has 1 rings (SSSR count). The van der Waals surface area contributed by atoms with Crippen molar-refractivity contribution in [3.8, 4) is 0 Å². The molecule has 0 fully saturated rings. The summed E-state index contributed by atoms with van der Waals surface area (Å²) in [6, 6.07) is 5.49. The number of rotatable bonds is 4. The number of methoxy groups -OCH3 is 1. The van der Waals surface area contributed by atoms with Gasteiger partial charge in [0, 0.05) is 12.0 Å². The topological polar surface area (TPSA) is 43.4 Å². The van der Waals surface area contributed by atoms with Crippen molar-refractivity contribution in [2.24, 2.45) is 0 Å². The van der Waals surface area contributed by atoms with Crippen LogP contribution in [0.4, 0.5) is 0 Å². The van der Waals surface area contributed by atoms with E-state index in [4.69, 9.17) is 0 Å². The van der Waals surface area contributed by atoms with Gasteiger partial charge in [0.1, 0.15) is 0 Å². The fourth-order valence-corrected chi connectivity index (χ4v) is 1.61. The minimum absolute atomic E-state index is 0.0580. The Hall–Kier alpha value is -1.64. The molecule has 0 unspecified atom stereocenters. The number of benzene rings is 1. The lowest BCUT2D eigenvalue weighted by atomic mass is 9.95. The van der Waals surface area contributed by atoms with Gasteiger partial charge in [-0.2, -0.15) is 0 Å². The summed E-state index contributed by atoms with van der Waals surface area (Å²) in [7, 11) is 1.35. The average Bonchev–Trinajstić information content (AvgIpc) is 2.30. The summed E-state index contributed by atoms with van der Waals surface area (Å²) in [5, 5.41) is 0. The Balaban J connectivity index is 3.13. The first kappa shape index (κ1) is 12.4. The van der Waals surface area contributed by atoms with Crippen molar-refractivity contribution in [1.29, 1.82) is 0 Å². The summed E-state index contributed by atoms with van der Waals surface area (Å²) >= 11 is 0. The van der Waals surface area contributed by atoms with E-state index in [1.165, 1.54) is 7.11 Å². The minimum Gasteiger partial charge on any atom is -0.469 e. The van der Waals surface area contributed by atoms with Crippen LogP contribution in [0.5, 0.6) is 0 Å². The van der Waals surface area contributed by atoms with Gasteiger partial charge in [-0.25, -0.2) is 0 Å². The van der Waals surface area contributed by atoms with Crippen LogP contribution in [-0.2, 0) is 16.0 Å². The Morgan fingerprint density at radius 3 is 2.56 bits per heavy atom. The highest BCUT2D eigenvalue weighted by Gasteiger charge is 2.14. The van der Waals surface area contributed by atoms with Crippen molar-refractivity contribution in [3.63, 3.8) is 0 Å². The van der Waals surface area contributed by atoms with Crippen LogP contribution >= 0.6 is 0 Å². The molecule has 1 aromatic carbocycles. The summed E-state index contributed by atoms with van der Waals surface area (Å²) in [5.41, 5.74) is 2.36. The molecule has 0 atom stereocenters. The molecule has 0 saturated carbocycles. The van der Waals surface area contributed by atoms with Crippen molar-refractivity contribution >= 4 is 11.8 Å². The molecular weight excluding hydrogens is 204 g/mol. The molecule has 16 heavy (non-hydrogen) atoms. The maximum absolute atomic E-state index is 11.7. The van der Waals surface area contributed by atoms with E-state index in [-0.39, 0.29) is 18.2 Å². The van der Waals surface area contributed by atoms with E-state index < -0.39 is 0 Å². The Morgan fingerprint density at radius 1 is 1.31 bits per heavy atom. The highest BCUT2D eigenvalue weighted by atomic mass is 16.5. The van der Waals surface area contributed by atoms with Crippen molar-refractivity contribution in [2.75, 3.05) is 7.11 Å². The lowest BCUT2D eigenvalue weighted by Gasteiger charge is -2.10. The number of hydrogen-bond acceptors (Lipinski definition) is 3. The lowest BCUT2D eigenvalue weighted by Crippen LogP contribution is -2.11. The van der Waals surface area contributed by atoms with E-state index in [9.17, 15) is 9.59 Å². The number of carbonyl (C=O) groups is 2. The summed E-state index contributed by atoms with van der Waals surface area (Å²) in [6.45, 7) is 3.71. The molecule has 1 aromatic rings. The van der Waals surface area contributed by atoms with Crippen LogP contribution in [0.3, 0.4) is 0 Å². The summed E-state index contributed by atoms with van der Waals surface area (Å²) < 4.78 is 4.63. The molecule has 0 aliphatic carbocycles. The van der Waals surface area contributed by atoms with Gasteiger partial charge in [0.25, 0.3) is 0 Å². The average molecular weight is 220 g/mol. The number of ether oxygens (including phenoxy) is 1. The fraction of sp³-hybridized carbons (Fsp3) is 0.385. The van der Waals surface area contributed by atoms with Crippen LogP contribution in [0.15, 0.2) is 18.2 Å². The second kappa shape index (κ2) is 5.45. The smallest absolute Gasteiger partial charge is 0.310 e. The van der Waals surface area contributed by atoms with Gasteiger partial charge in [-0.3, -0.25) is 9.59 Å². The first-order valence-electron chi connectivity index (χ1n) is 5.28. The summed E-state index contributed by atoms with van der Waals surface area (Å²) in [4.78, 5) is 23.0. The first-order valence-corrected chi connectivity index (χ1v) is 5.28. The third kappa shape index (κ3) is 2.69. The van der Waals surface area contributed by atoms with E-state index in [0.717, 1.165) is 11.1 Å². The molecular formula is C13H16O3. The van der Waals surface area contributed by atoms with E-state index in [1.807, 2.05) is 26.0 Å². The Bertz CT molecular complexity index is 408. The van der Waals surface area contributed by atoms with Crippen LogP contribution in [0.2, 0.25) is 0 Å². The van der Waals surface area contributed by atoms with Gasteiger partial charge in [0.2, 0.25) is 0 Å². The van der Waals surface area contributed by atoms with E-state index >= 15 is 0 Å². The van der Waals surface area contributed by atoms with Gasteiger partial charge >= 0.3 is 5.97 Å². The highest BCUT2D eigenvalue weighted by molar-refractivity contribution is 5.98. The molecule has 0 aromatic heterocycles. The van der Waals surface area contributed by atoms with Crippen molar-refractivity contribution in [1.82, 2.24) is 0 Å². The Kier molecular flexibility index (Phi) is 4.23. The third-order valence-corrected chi connectivity index (χ3v) is 2.58. The number of Topliss-reactive ketones (excluding diaryl/α,β-unsaturated/α-hetero) is 1. The molecule has 3 nitrogen and oxygen atoms in total. The molecule has 3 heteroatoms.